The summed E-state index contributed by atoms with van der Waals surface area (Å²) >= 11 is 0. The van der Waals surface area contributed by atoms with E-state index in [1.54, 1.807) is 0 Å². The van der Waals surface area contributed by atoms with Crippen LogP contribution in [0.5, 0.6) is 0 Å². The van der Waals surface area contributed by atoms with E-state index in [-0.39, 0.29) is 6.04 Å². The summed E-state index contributed by atoms with van der Waals surface area (Å²) in [5.41, 5.74) is 1.23. The maximum Gasteiger partial charge on any atom is 0.240 e. The second kappa shape index (κ2) is 6.02. The largest absolute Gasteiger partial charge is 0.369 e. The van der Waals surface area contributed by atoms with E-state index in [9.17, 15) is 4.79 Å². The van der Waals surface area contributed by atoms with E-state index < -0.39 is 0 Å². The van der Waals surface area contributed by atoms with E-state index in [1.807, 2.05) is 17.3 Å². The van der Waals surface area contributed by atoms with Gasteiger partial charge in [-0.1, -0.05) is 0 Å². The summed E-state index contributed by atoms with van der Waals surface area (Å²) < 4.78 is 0. The predicted octanol–water partition coefficient (Wildman–Crippen LogP) is 1.21. The second-order valence-corrected chi connectivity index (χ2v) is 6.16. The van der Waals surface area contributed by atoms with Crippen molar-refractivity contribution < 1.29 is 4.79 Å². The van der Waals surface area contributed by atoms with Gasteiger partial charge in [-0.3, -0.25) is 14.7 Å². The Morgan fingerprint density at radius 2 is 1.76 bits per heavy atom. The smallest absolute Gasteiger partial charge is 0.240 e. The monoisotopic (exact) mass is 288 g/mol. The van der Waals surface area contributed by atoms with Gasteiger partial charge in [0.25, 0.3) is 0 Å². The molecule has 1 atom stereocenters. The Hall–Kier alpha value is -1.62. The highest BCUT2D eigenvalue weighted by Crippen LogP contribution is 2.22. The van der Waals surface area contributed by atoms with Gasteiger partial charge in [0, 0.05) is 56.8 Å². The van der Waals surface area contributed by atoms with Crippen LogP contribution >= 0.6 is 0 Å². The molecule has 0 unspecified atom stereocenters. The van der Waals surface area contributed by atoms with E-state index >= 15 is 0 Å². The van der Waals surface area contributed by atoms with Crippen molar-refractivity contribution >= 4 is 11.6 Å². The first kappa shape index (κ1) is 14.3. The standard InChI is InChI=1S/C16H24N4O/c1-13(2)20-8-5-15(16(20)21)19-11-9-18(10-12-19)14-3-6-17-7-4-14/h3-4,6-7,13,15H,5,8-12H2,1-2H3/t15-/m0/s1. The number of piperazine rings is 1. The Morgan fingerprint density at radius 3 is 2.33 bits per heavy atom. The van der Waals surface area contributed by atoms with E-state index in [0.717, 1.165) is 39.1 Å². The predicted molar refractivity (Wildman–Crippen MR) is 83.3 cm³/mol. The van der Waals surface area contributed by atoms with Gasteiger partial charge < -0.3 is 9.80 Å². The summed E-state index contributed by atoms with van der Waals surface area (Å²) in [6.45, 7) is 9.00. The second-order valence-electron chi connectivity index (χ2n) is 6.16. The first-order valence-corrected chi connectivity index (χ1v) is 7.86. The van der Waals surface area contributed by atoms with Crippen molar-refractivity contribution in [2.75, 3.05) is 37.6 Å². The van der Waals surface area contributed by atoms with Gasteiger partial charge in [0.1, 0.15) is 0 Å². The summed E-state index contributed by atoms with van der Waals surface area (Å²) in [5, 5.41) is 0. The Balaban J connectivity index is 1.58. The molecule has 5 nitrogen and oxygen atoms in total. The normalized spacial score (nSPS) is 24.1. The molecule has 0 aromatic carbocycles. The van der Waals surface area contributed by atoms with Gasteiger partial charge >= 0.3 is 0 Å². The molecular formula is C16H24N4O. The van der Waals surface area contributed by atoms with E-state index in [4.69, 9.17) is 0 Å². The highest BCUT2D eigenvalue weighted by Gasteiger charge is 2.37. The summed E-state index contributed by atoms with van der Waals surface area (Å²) in [4.78, 5) is 23.3. The lowest BCUT2D eigenvalue weighted by molar-refractivity contribution is -0.133. The summed E-state index contributed by atoms with van der Waals surface area (Å²) in [7, 11) is 0. The quantitative estimate of drug-likeness (QED) is 0.838. The number of pyridine rings is 1. The minimum absolute atomic E-state index is 0.104. The fourth-order valence-electron chi connectivity index (χ4n) is 3.38. The Bertz CT molecular complexity index is 482. The first-order chi connectivity index (χ1) is 10.2. The molecule has 2 saturated heterocycles. The van der Waals surface area contributed by atoms with Crippen LogP contribution in [0.4, 0.5) is 5.69 Å². The molecule has 0 saturated carbocycles. The van der Waals surface area contributed by atoms with Crippen molar-refractivity contribution in [3.8, 4) is 0 Å². The van der Waals surface area contributed by atoms with Crippen LogP contribution in [0.1, 0.15) is 20.3 Å². The van der Waals surface area contributed by atoms with Gasteiger partial charge in [0.15, 0.2) is 0 Å². The maximum absolute atomic E-state index is 12.5. The zero-order valence-electron chi connectivity index (χ0n) is 12.9. The molecule has 5 heteroatoms. The van der Waals surface area contributed by atoms with Crippen molar-refractivity contribution in [3.05, 3.63) is 24.5 Å². The van der Waals surface area contributed by atoms with E-state index in [0.29, 0.717) is 11.9 Å². The van der Waals surface area contributed by atoms with Gasteiger partial charge in [0.05, 0.1) is 6.04 Å². The lowest BCUT2D eigenvalue weighted by Gasteiger charge is -2.38. The van der Waals surface area contributed by atoms with Crippen LogP contribution in [-0.2, 0) is 4.79 Å². The number of aromatic nitrogens is 1. The number of carbonyl (C=O) groups excluding carboxylic acids is 1. The van der Waals surface area contributed by atoms with E-state index in [2.05, 4.69) is 40.8 Å². The Morgan fingerprint density at radius 1 is 1.10 bits per heavy atom. The van der Waals surface area contributed by atoms with Gasteiger partial charge in [-0.25, -0.2) is 0 Å². The van der Waals surface area contributed by atoms with Gasteiger partial charge in [0.2, 0.25) is 5.91 Å². The highest BCUT2D eigenvalue weighted by atomic mass is 16.2. The topological polar surface area (TPSA) is 39.7 Å². The van der Waals surface area contributed by atoms with Gasteiger partial charge in [-0.15, -0.1) is 0 Å². The third kappa shape index (κ3) is 2.88. The van der Waals surface area contributed by atoms with E-state index in [1.165, 1.54) is 5.69 Å². The number of anilines is 1. The number of rotatable bonds is 3. The third-order valence-electron chi connectivity index (χ3n) is 4.62. The highest BCUT2D eigenvalue weighted by molar-refractivity contribution is 5.84. The first-order valence-electron chi connectivity index (χ1n) is 7.86. The molecule has 0 N–H and O–H groups in total. The van der Waals surface area contributed by atoms with Crippen molar-refractivity contribution in [1.29, 1.82) is 0 Å². The lowest BCUT2D eigenvalue weighted by atomic mass is 10.1. The average Bonchev–Trinajstić information content (AvgIpc) is 2.90. The molecule has 2 aliphatic rings. The fourth-order valence-corrected chi connectivity index (χ4v) is 3.38. The Kier molecular flexibility index (Phi) is 4.10. The van der Waals surface area contributed by atoms with Crippen LogP contribution in [0.3, 0.4) is 0 Å². The Labute approximate surface area is 126 Å². The molecule has 1 aromatic heterocycles. The molecule has 0 aliphatic carbocycles. The number of carbonyl (C=O) groups is 1. The van der Waals surface area contributed by atoms with Crippen molar-refractivity contribution in [1.82, 2.24) is 14.8 Å². The summed E-state index contributed by atoms with van der Waals surface area (Å²) in [5.74, 6) is 0.322. The maximum atomic E-state index is 12.5. The van der Waals surface area contributed by atoms with Gasteiger partial charge in [-0.05, 0) is 32.4 Å². The van der Waals surface area contributed by atoms with Crippen molar-refractivity contribution in [2.45, 2.75) is 32.4 Å². The molecular weight excluding hydrogens is 264 g/mol. The van der Waals surface area contributed by atoms with Crippen LogP contribution in [0.15, 0.2) is 24.5 Å². The number of likely N-dealkylation sites (tertiary alicyclic amines) is 1. The molecule has 0 bridgehead atoms. The zero-order valence-corrected chi connectivity index (χ0v) is 12.9. The fraction of sp³-hybridized carbons (Fsp3) is 0.625. The summed E-state index contributed by atoms with van der Waals surface area (Å²) in [6.07, 6.45) is 4.65. The number of hydrogen-bond donors (Lipinski definition) is 0. The molecule has 2 fully saturated rings. The summed E-state index contributed by atoms with van der Waals surface area (Å²) in [6, 6.07) is 4.53. The SMILES string of the molecule is CC(C)N1CC[C@H](N2CCN(c3ccncc3)CC2)C1=O. The molecule has 1 amide bonds. The molecule has 2 aliphatic heterocycles. The third-order valence-corrected chi connectivity index (χ3v) is 4.62. The number of hydrogen-bond acceptors (Lipinski definition) is 4. The lowest BCUT2D eigenvalue weighted by Crippen LogP contribution is -2.53. The molecule has 0 spiro atoms. The van der Waals surface area contributed by atoms with Crippen LogP contribution < -0.4 is 4.90 Å². The van der Waals surface area contributed by atoms with Crippen molar-refractivity contribution in [2.24, 2.45) is 0 Å². The van der Waals surface area contributed by atoms with Crippen LogP contribution in [-0.4, -0.2) is 65.5 Å². The molecule has 0 radical (unpaired) electrons. The number of nitrogens with zero attached hydrogens (tertiary/aromatic N) is 4. The zero-order chi connectivity index (χ0) is 14.8. The molecule has 114 valence electrons. The number of amides is 1. The van der Waals surface area contributed by atoms with Crippen LogP contribution in [0.25, 0.3) is 0 Å². The average molecular weight is 288 g/mol. The minimum Gasteiger partial charge on any atom is -0.369 e. The molecule has 3 heterocycles. The van der Waals surface area contributed by atoms with Crippen LogP contribution in [0.2, 0.25) is 0 Å². The van der Waals surface area contributed by atoms with Crippen LogP contribution in [0, 0.1) is 0 Å². The molecule has 21 heavy (non-hydrogen) atoms. The van der Waals surface area contributed by atoms with Gasteiger partial charge in [-0.2, -0.15) is 0 Å². The molecule has 3 rings (SSSR count). The van der Waals surface area contributed by atoms with Crippen molar-refractivity contribution in [3.63, 3.8) is 0 Å². The minimum atomic E-state index is 0.104. The molecule has 1 aromatic rings.